The minimum atomic E-state index is -0.940. The number of carboxylic acids is 1. The highest BCUT2D eigenvalue weighted by Crippen LogP contribution is 2.19. The predicted octanol–water partition coefficient (Wildman–Crippen LogP) is 4.61. The lowest BCUT2D eigenvalue weighted by Gasteiger charge is -2.24. The van der Waals surface area contributed by atoms with Crippen molar-refractivity contribution >= 4 is 36.7 Å². The normalized spacial score (nSPS) is 15.1. The molecular formula is C27H41Cl2N3O3. The number of hydrogen-bond acceptors (Lipinski definition) is 4. The number of carbonyl (C=O) groups is 2. The lowest BCUT2D eigenvalue weighted by atomic mass is 10.0. The second-order valence-electron chi connectivity index (χ2n) is 8.60. The minimum Gasteiger partial charge on any atom is -0.480 e. The number of likely N-dealkylation sites (tertiary alicyclic amines) is 1. The first-order chi connectivity index (χ1) is 16.0. The molecular weight excluding hydrogens is 485 g/mol. The topological polar surface area (TPSA) is 110 Å². The quantitative estimate of drug-likeness (QED) is 0.371. The average Bonchev–Trinajstić information content (AvgIpc) is 3.34. The molecule has 1 aliphatic heterocycles. The van der Waals surface area contributed by atoms with Crippen LogP contribution >= 0.6 is 24.8 Å². The fraction of sp³-hybridized carbons (Fsp3) is 0.481. The van der Waals surface area contributed by atoms with E-state index in [-0.39, 0.29) is 30.7 Å². The van der Waals surface area contributed by atoms with Crippen LogP contribution in [-0.2, 0) is 22.4 Å². The summed E-state index contributed by atoms with van der Waals surface area (Å²) in [5, 5.41) is 8.98. The molecule has 0 spiro atoms. The highest BCUT2D eigenvalue weighted by molar-refractivity contribution is 5.87. The molecule has 35 heavy (non-hydrogen) atoms. The van der Waals surface area contributed by atoms with Crippen molar-refractivity contribution in [2.24, 2.45) is 11.5 Å². The number of aliphatic carboxylic acids is 1. The first-order valence-corrected chi connectivity index (χ1v) is 12.1. The molecule has 3 rings (SSSR count). The number of amides is 1. The predicted molar refractivity (Wildman–Crippen MR) is 147 cm³/mol. The minimum absolute atomic E-state index is 0. The zero-order chi connectivity index (χ0) is 23.9. The van der Waals surface area contributed by atoms with E-state index in [0.717, 1.165) is 19.3 Å². The molecule has 1 saturated heterocycles. The van der Waals surface area contributed by atoms with E-state index in [4.69, 9.17) is 16.6 Å². The van der Waals surface area contributed by atoms with E-state index in [1.165, 1.54) is 41.7 Å². The van der Waals surface area contributed by atoms with Gasteiger partial charge in [0.05, 0.1) is 6.04 Å². The van der Waals surface area contributed by atoms with Crippen LogP contribution in [0.3, 0.4) is 0 Å². The largest absolute Gasteiger partial charge is 0.480 e. The number of benzene rings is 2. The maximum atomic E-state index is 12.0. The molecule has 196 valence electrons. The molecule has 2 aromatic rings. The number of hydrogen-bond donors (Lipinski definition) is 3. The van der Waals surface area contributed by atoms with Crippen LogP contribution in [0.5, 0.6) is 0 Å². The lowest BCUT2D eigenvalue weighted by molar-refractivity contribution is -0.148. The van der Waals surface area contributed by atoms with Gasteiger partial charge in [-0.05, 0) is 69.0 Å². The van der Waals surface area contributed by atoms with Crippen LogP contribution in [0.4, 0.5) is 0 Å². The van der Waals surface area contributed by atoms with Gasteiger partial charge in [0, 0.05) is 6.54 Å². The van der Waals surface area contributed by atoms with Crippen molar-refractivity contribution in [1.29, 1.82) is 0 Å². The van der Waals surface area contributed by atoms with Crippen LogP contribution in [0.25, 0.3) is 0 Å². The number of halogens is 2. The first kappa shape index (κ1) is 32.9. The fourth-order valence-corrected chi connectivity index (χ4v) is 4.08. The average molecular weight is 527 g/mol. The summed E-state index contributed by atoms with van der Waals surface area (Å²) >= 11 is 0. The Balaban J connectivity index is 0.000000625. The summed E-state index contributed by atoms with van der Waals surface area (Å²) in [6, 6.07) is 20.2. The third-order valence-corrected chi connectivity index (χ3v) is 5.97. The van der Waals surface area contributed by atoms with Gasteiger partial charge in [-0.2, -0.15) is 0 Å². The van der Waals surface area contributed by atoms with Crippen molar-refractivity contribution in [3.05, 3.63) is 71.8 Å². The molecule has 1 fully saturated rings. The Morgan fingerprint density at radius 3 is 1.86 bits per heavy atom. The van der Waals surface area contributed by atoms with E-state index in [9.17, 15) is 9.59 Å². The summed E-state index contributed by atoms with van der Waals surface area (Å²) < 4.78 is 0. The molecule has 0 bridgehead atoms. The highest BCUT2D eigenvalue weighted by atomic mass is 35.5. The molecule has 0 aromatic heterocycles. The molecule has 1 heterocycles. The number of unbranched alkanes of at least 4 members (excludes halogenated alkanes) is 2. The van der Waals surface area contributed by atoms with Crippen molar-refractivity contribution < 1.29 is 14.7 Å². The van der Waals surface area contributed by atoms with Gasteiger partial charge in [0.1, 0.15) is 6.04 Å². The number of nitrogens with zero attached hydrogens (tertiary/aromatic N) is 1. The zero-order valence-electron chi connectivity index (χ0n) is 20.4. The monoisotopic (exact) mass is 525 g/mol. The Morgan fingerprint density at radius 2 is 1.40 bits per heavy atom. The highest BCUT2D eigenvalue weighted by Gasteiger charge is 2.35. The van der Waals surface area contributed by atoms with E-state index in [2.05, 4.69) is 60.7 Å². The van der Waals surface area contributed by atoms with Crippen LogP contribution in [-0.4, -0.2) is 47.1 Å². The number of aryl methyl sites for hydroxylation is 2. The Morgan fingerprint density at radius 1 is 0.886 bits per heavy atom. The lowest BCUT2D eigenvalue weighted by Crippen LogP contribution is -2.48. The van der Waals surface area contributed by atoms with Crippen molar-refractivity contribution in [3.63, 3.8) is 0 Å². The van der Waals surface area contributed by atoms with Gasteiger partial charge in [-0.3, -0.25) is 4.79 Å². The van der Waals surface area contributed by atoms with Gasteiger partial charge in [0.2, 0.25) is 5.91 Å². The Labute approximate surface area is 222 Å². The summed E-state index contributed by atoms with van der Waals surface area (Å²) in [6.45, 7) is 1.09. The second kappa shape index (κ2) is 19.1. The van der Waals surface area contributed by atoms with Gasteiger partial charge in [-0.25, -0.2) is 4.79 Å². The Hall–Kier alpha value is -2.12. The molecule has 0 saturated carbocycles. The standard InChI is InChI=1S/C16H18.C11H21N3O3.2ClH/c1-3-9-15(10-4-1)13-7-8-14-16-11-5-2-6-12-16;12-6-2-1-4-8(13)10(15)14-7-3-5-9(14)11(16)17;;/h1-6,9-12H,7-8,13-14H2;8-9H,1-7,12-13H2,(H,16,17);2*1H. The zero-order valence-corrected chi connectivity index (χ0v) is 22.0. The first-order valence-electron chi connectivity index (χ1n) is 12.1. The second-order valence-corrected chi connectivity index (χ2v) is 8.60. The third kappa shape index (κ3) is 12.4. The van der Waals surface area contributed by atoms with Crippen LogP contribution in [0.2, 0.25) is 0 Å². The molecule has 2 aromatic carbocycles. The smallest absolute Gasteiger partial charge is 0.326 e. The molecule has 1 aliphatic rings. The maximum Gasteiger partial charge on any atom is 0.326 e. The Bertz CT molecular complexity index is 783. The van der Waals surface area contributed by atoms with E-state index in [0.29, 0.717) is 25.9 Å². The Kier molecular flexibility index (Phi) is 18.0. The molecule has 0 aliphatic carbocycles. The molecule has 2 atom stereocenters. The van der Waals surface area contributed by atoms with Gasteiger partial charge < -0.3 is 21.5 Å². The number of rotatable bonds is 11. The van der Waals surface area contributed by atoms with Gasteiger partial charge >= 0.3 is 5.97 Å². The van der Waals surface area contributed by atoms with E-state index in [1.807, 2.05) is 0 Å². The summed E-state index contributed by atoms with van der Waals surface area (Å²) in [5.74, 6) is -1.18. The maximum absolute atomic E-state index is 12.0. The molecule has 6 nitrogen and oxygen atoms in total. The molecule has 2 unspecified atom stereocenters. The summed E-state index contributed by atoms with van der Waals surface area (Å²) in [6.07, 6.45) is 8.42. The third-order valence-electron chi connectivity index (χ3n) is 5.97. The van der Waals surface area contributed by atoms with Gasteiger partial charge in [-0.15, -0.1) is 24.8 Å². The van der Waals surface area contributed by atoms with Crippen LogP contribution in [0.1, 0.15) is 56.1 Å². The van der Waals surface area contributed by atoms with Crippen LogP contribution in [0, 0.1) is 0 Å². The van der Waals surface area contributed by atoms with Gasteiger partial charge in [0.25, 0.3) is 0 Å². The summed E-state index contributed by atoms with van der Waals surface area (Å²) in [5.41, 5.74) is 14.0. The molecule has 8 heteroatoms. The van der Waals surface area contributed by atoms with Crippen molar-refractivity contribution in [1.82, 2.24) is 4.90 Å². The van der Waals surface area contributed by atoms with Gasteiger partial charge in [-0.1, -0.05) is 67.1 Å². The van der Waals surface area contributed by atoms with E-state index < -0.39 is 18.1 Å². The fourth-order valence-electron chi connectivity index (χ4n) is 4.08. The van der Waals surface area contributed by atoms with Gasteiger partial charge in [0.15, 0.2) is 0 Å². The molecule has 5 N–H and O–H groups in total. The molecule has 1 amide bonds. The summed E-state index contributed by atoms with van der Waals surface area (Å²) in [4.78, 5) is 24.3. The van der Waals surface area contributed by atoms with Crippen molar-refractivity contribution in [2.75, 3.05) is 13.1 Å². The number of carbonyl (C=O) groups excluding carboxylic acids is 1. The number of carboxylic acid groups (broad SMARTS) is 1. The van der Waals surface area contributed by atoms with Crippen molar-refractivity contribution in [3.8, 4) is 0 Å². The molecule has 0 radical (unpaired) electrons. The number of nitrogens with two attached hydrogens (primary N) is 2. The SMILES string of the molecule is Cl.Cl.NCCCCC(N)C(=O)N1CCCC1C(=O)O.c1ccc(CCCCc2ccccc2)cc1. The summed E-state index contributed by atoms with van der Waals surface area (Å²) in [7, 11) is 0. The van der Waals surface area contributed by atoms with E-state index in [1.54, 1.807) is 0 Å². The van der Waals surface area contributed by atoms with Crippen molar-refractivity contribution in [2.45, 2.75) is 69.9 Å². The van der Waals surface area contributed by atoms with Crippen LogP contribution < -0.4 is 11.5 Å². The van der Waals surface area contributed by atoms with E-state index >= 15 is 0 Å². The van der Waals surface area contributed by atoms with Crippen LogP contribution in [0.15, 0.2) is 60.7 Å².